The van der Waals surface area contributed by atoms with Crippen LogP contribution in [-0.2, 0) is 7.05 Å². The second kappa shape index (κ2) is 3.49. The van der Waals surface area contributed by atoms with Crippen molar-refractivity contribution in [2.75, 3.05) is 0 Å². The van der Waals surface area contributed by atoms with Gasteiger partial charge in [-0.25, -0.2) is 0 Å². The molecule has 5 heteroatoms. The third-order valence-corrected chi connectivity index (χ3v) is 2.23. The summed E-state index contributed by atoms with van der Waals surface area (Å²) in [5, 5.41) is 4.98. The Bertz CT molecular complexity index is 493. The summed E-state index contributed by atoms with van der Waals surface area (Å²) in [5.41, 5.74) is 1.39. The van der Waals surface area contributed by atoms with E-state index in [0.29, 0.717) is 5.52 Å². The quantitative estimate of drug-likeness (QED) is 0.764. The Hall–Kier alpha value is -1.65. The van der Waals surface area contributed by atoms with Crippen LogP contribution < -0.4 is 4.74 Å². The summed E-state index contributed by atoms with van der Waals surface area (Å²) in [5.74, 6) is 0.158. The summed E-state index contributed by atoms with van der Waals surface area (Å²) >= 11 is 0. The maximum atomic E-state index is 12.1. The van der Waals surface area contributed by atoms with E-state index in [9.17, 15) is 8.78 Å². The highest BCUT2D eigenvalue weighted by Crippen LogP contribution is 2.28. The highest BCUT2D eigenvalue weighted by molar-refractivity contribution is 5.87. The van der Waals surface area contributed by atoms with Crippen molar-refractivity contribution in [3.8, 4) is 5.75 Å². The Morgan fingerprint density at radius 3 is 2.80 bits per heavy atom. The van der Waals surface area contributed by atoms with Gasteiger partial charge < -0.3 is 4.74 Å². The second-order valence-corrected chi connectivity index (χ2v) is 3.24. The van der Waals surface area contributed by atoms with E-state index in [1.165, 1.54) is 6.07 Å². The molecule has 0 amide bonds. The van der Waals surface area contributed by atoms with Gasteiger partial charge in [0.1, 0.15) is 5.52 Å². The summed E-state index contributed by atoms with van der Waals surface area (Å²) in [7, 11) is 1.70. The number of alkyl halides is 2. The predicted molar refractivity (Wildman–Crippen MR) is 52.1 cm³/mol. The number of nitrogens with zero attached hydrogens (tertiary/aromatic N) is 2. The molecule has 0 aliphatic rings. The van der Waals surface area contributed by atoms with Crippen LogP contribution in [0, 0.1) is 6.92 Å². The number of rotatable bonds is 2. The van der Waals surface area contributed by atoms with E-state index >= 15 is 0 Å². The third kappa shape index (κ3) is 1.65. The van der Waals surface area contributed by atoms with Gasteiger partial charge in [0.05, 0.1) is 5.69 Å². The van der Waals surface area contributed by atoms with E-state index in [4.69, 9.17) is 0 Å². The zero-order valence-corrected chi connectivity index (χ0v) is 8.37. The molecule has 0 saturated heterocycles. The predicted octanol–water partition coefficient (Wildman–Crippen LogP) is 2.48. The fraction of sp³-hybridized carbons (Fsp3) is 0.300. The molecule has 1 aromatic heterocycles. The van der Waals surface area contributed by atoms with Crippen LogP contribution in [0.5, 0.6) is 5.75 Å². The number of fused-ring (bicyclic) bond motifs is 1. The summed E-state index contributed by atoms with van der Waals surface area (Å²) in [6, 6.07) is 5.01. The maximum Gasteiger partial charge on any atom is 0.387 e. The molecule has 0 fully saturated rings. The first-order valence-electron chi connectivity index (χ1n) is 4.46. The lowest BCUT2D eigenvalue weighted by atomic mass is 10.2. The van der Waals surface area contributed by atoms with Crippen LogP contribution in [0.1, 0.15) is 5.69 Å². The Morgan fingerprint density at radius 1 is 1.40 bits per heavy atom. The first-order valence-corrected chi connectivity index (χ1v) is 4.46. The highest BCUT2D eigenvalue weighted by atomic mass is 19.3. The molecule has 0 bridgehead atoms. The van der Waals surface area contributed by atoms with Gasteiger partial charge in [-0.3, -0.25) is 4.68 Å². The molecular weight excluding hydrogens is 202 g/mol. The molecule has 0 spiro atoms. The van der Waals surface area contributed by atoms with Crippen LogP contribution in [0.2, 0.25) is 0 Å². The molecule has 0 saturated carbocycles. The molecule has 0 radical (unpaired) electrons. The number of para-hydroxylation sites is 1. The summed E-state index contributed by atoms with van der Waals surface area (Å²) in [6.07, 6.45) is 0. The van der Waals surface area contributed by atoms with Gasteiger partial charge in [0.15, 0.2) is 5.75 Å². The lowest BCUT2D eigenvalue weighted by molar-refractivity contribution is -0.0490. The van der Waals surface area contributed by atoms with Crippen molar-refractivity contribution in [2.24, 2.45) is 7.05 Å². The number of hydrogen-bond donors (Lipinski definition) is 0. The van der Waals surface area contributed by atoms with E-state index < -0.39 is 6.61 Å². The van der Waals surface area contributed by atoms with Gasteiger partial charge in [0.2, 0.25) is 0 Å². The van der Waals surface area contributed by atoms with Crippen LogP contribution in [0.3, 0.4) is 0 Å². The van der Waals surface area contributed by atoms with Gasteiger partial charge in [-0.2, -0.15) is 13.9 Å². The molecule has 0 N–H and O–H groups in total. The molecule has 15 heavy (non-hydrogen) atoms. The second-order valence-electron chi connectivity index (χ2n) is 3.24. The number of hydrogen-bond acceptors (Lipinski definition) is 2. The molecule has 0 unspecified atom stereocenters. The Morgan fingerprint density at radius 2 is 2.13 bits per heavy atom. The first-order chi connectivity index (χ1) is 7.09. The topological polar surface area (TPSA) is 27.1 Å². The van der Waals surface area contributed by atoms with Crippen molar-refractivity contribution in [3.63, 3.8) is 0 Å². The normalized spacial score (nSPS) is 11.3. The van der Waals surface area contributed by atoms with E-state index in [-0.39, 0.29) is 5.75 Å². The zero-order valence-electron chi connectivity index (χ0n) is 8.37. The third-order valence-electron chi connectivity index (χ3n) is 2.23. The van der Waals surface area contributed by atoms with E-state index in [2.05, 4.69) is 9.84 Å². The Labute approximate surface area is 85.3 Å². The van der Waals surface area contributed by atoms with Gasteiger partial charge in [0.25, 0.3) is 0 Å². The van der Waals surface area contributed by atoms with E-state index in [0.717, 1.165) is 11.1 Å². The van der Waals surface area contributed by atoms with Gasteiger partial charge in [0, 0.05) is 12.4 Å². The first kappa shape index (κ1) is 9.89. The lowest BCUT2D eigenvalue weighted by Gasteiger charge is -2.06. The highest BCUT2D eigenvalue weighted by Gasteiger charge is 2.13. The van der Waals surface area contributed by atoms with Crippen molar-refractivity contribution in [1.29, 1.82) is 0 Å². The molecule has 0 atom stereocenters. The molecular formula is C10H10F2N2O. The minimum atomic E-state index is -2.81. The Kier molecular flexibility index (Phi) is 2.30. The van der Waals surface area contributed by atoms with Crippen molar-refractivity contribution in [2.45, 2.75) is 13.5 Å². The van der Waals surface area contributed by atoms with Crippen LogP contribution in [-0.4, -0.2) is 16.4 Å². The van der Waals surface area contributed by atoms with Gasteiger partial charge in [-0.15, -0.1) is 0 Å². The number of ether oxygens (including phenoxy) is 1. The van der Waals surface area contributed by atoms with Crippen LogP contribution in [0.25, 0.3) is 10.9 Å². The molecule has 1 heterocycles. The average Bonchev–Trinajstić information content (AvgIpc) is 2.43. The standard InChI is InChI=1S/C10H10F2N2O/c1-6-7-4-3-5-8(15-10(11)12)9(7)14(2)13-6/h3-5,10H,1-2H3. The van der Waals surface area contributed by atoms with Gasteiger partial charge >= 0.3 is 6.61 Å². The molecule has 0 aliphatic heterocycles. The Balaban J connectivity index is 2.64. The number of benzene rings is 1. The fourth-order valence-corrected chi connectivity index (χ4v) is 1.67. The molecule has 2 aromatic rings. The van der Waals surface area contributed by atoms with Crippen molar-refractivity contribution < 1.29 is 13.5 Å². The number of aryl methyl sites for hydroxylation is 2. The summed E-state index contributed by atoms with van der Waals surface area (Å²) in [4.78, 5) is 0. The van der Waals surface area contributed by atoms with Crippen molar-refractivity contribution in [3.05, 3.63) is 23.9 Å². The van der Waals surface area contributed by atoms with Crippen LogP contribution in [0.4, 0.5) is 8.78 Å². The summed E-state index contributed by atoms with van der Waals surface area (Å²) in [6.45, 7) is -0.986. The average molecular weight is 212 g/mol. The van der Waals surface area contributed by atoms with Crippen molar-refractivity contribution in [1.82, 2.24) is 9.78 Å². The molecule has 2 rings (SSSR count). The summed E-state index contributed by atoms with van der Waals surface area (Å²) < 4.78 is 30.2. The molecule has 3 nitrogen and oxygen atoms in total. The minimum Gasteiger partial charge on any atom is -0.433 e. The van der Waals surface area contributed by atoms with Crippen LogP contribution >= 0.6 is 0 Å². The SMILES string of the molecule is Cc1nn(C)c2c(OC(F)F)cccc12. The van der Waals surface area contributed by atoms with E-state index in [1.54, 1.807) is 17.8 Å². The van der Waals surface area contributed by atoms with Gasteiger partial charge in [-0.1, -0.05) is 12.1 Å². The van der Waals surface area contributed by atoms with Gasteiger partial charge in [-0.05, 0) is 13.0 Å². The fourth-order valence-electron chi connectivity index (χ4n) is 1.67. The van der Waals surface area contributed by atoms with E-state index in [1.807, 2.05) is 13.0 Å². The maximum absolute atomic E-state index is 12.1. The number of halogens is 2. The monoisotopic (exact) mass is 212 g/mol. The zero-order chi connectivity index (χ0) is 11.0. The van der Waals surface area contributed by atoms with Crippen molar-refractivity contribution >= 4 is 10.9 Å². The molecule has 1 aromatic carbocycles. The molecule has 80 valence electrons. The lowest BCUT2D eigenvalue weighted by Crippen LogP contribution is -2.03. The largest absolute Gasteiger partial charge is 0.433 e. The smallest absolute Gasteiger partial charge is 0.387 e. The number of aromatic nitrogens is 2. The van der Waals surface area contributed by atoms with Crippen LogP contribution in [0.15, 0.2) is 18.2 Å². The molecule has 0 aliphatic carbocycles. The minimum absolute atomic E-state index is 0.158.